The van der Waals surface area contributed by atoms with E-state index in [1.165, 1.54) is 35.5 Å². The number of rotatable bonds is 4. The molecule has 4 heteroatoms. The van der Waals surface area contributed by atoms with Crippen molar-refractivity contribution in [1.82, 2.24) is 9.80 Å². The highest BCUT2D eigenvalue weighted by Gasteiger charge is 2.62. The zero-order valence-corrected chi connectivity index (χ0v) is 15.8. The van der Waals surface area contributed by atoms with E-state index in [1.807, 2.05) is 12.1 Å². The summed E-state index contributed by atoms with van der Waals surface area (Å²) in [4.78, 5) is 17.7. The van der Waals surface area contributed by atoms with Crippen LogP contribution in [0, 0.1) is 0 Å². The van der Waals surface area contributed by atoms with Gasteiger partial charge in [-0.3, -0.25) is 0 Å². The van der Waals surface area contributed by atoms with E-state index >= 15 is 0 Å². The van der Waals surface area contributed by atoms with Crippen LogP contribution in [0.25, 0.3) is 0 Å². The van der Waals surface area contributed by atoms with Gasteiger partial charge in [0.1, 0.15) is 28.8 Å². The SMILES string of the molecule is O=C1N(Cc2ccccc2)[C@@H]2[C@H]3CCC[S+]3C[C@@H]2N1Cc1ccccc1. The number of urea groups is 1. The van der Waals surface area contributed by atoms with Crippen molar-refractivity contribution in [3.8, 4) is 0 Å². The zero-order valence-electron chi connectivity index (χ0n) is 15.0. The van der Waals surface area contributed by atoms with Crippen LogP contribution < -0.4 is 0 Å². The van der Waals surface area contributed by atoms with Gasteiger partial charge >= 0.3 is 6.03 Å². The lowest BCUT2D eigenvalue weighted by Crippen LogP contribution is -2.41. The Morgan fingerprint density at radius 2 is 1.50 bits per heavy atom. The minimum Gasteiger partial charge on any atom is -0.310 e. The molecule has 0 radical (unpaired) electrons. The highest BCUT2D eigenvalue weighted by molar-refractivity contribution is 7.98. The first kappa shape index (κ1) is 16.2. The van der Waals surface area contributed by atoms with E-state index in [-0.39, 0.29) is 6.03 Å². The molecular formula is C22H25N2OS+. The Balaban J connectivity index is 1.45. The average Bonchev–Trinajstić information content (AvgIpc) is 3.32. The summed E-state index contributed by atoms with van der Waals surface area (Å²) in [7, 11) is 0.515. The van der Waals surface area contributed by atoms with Gasteiger partial charge in [0.2, 0.25) is 0 Å². The predicted octanol–water partition coefficient (Wildman–Crippen LogP) is 3.66. The molecule has 0 aliphatic carbocycles. The van der Waals surface area contributed by atoms with Gasteiger partial charge < -0.3 is 9.80 Å². The molecule has 134 valence electrons. The lowest BCUT2D eigenvalue weighted by atomic mass is 10.0. The molecular weight excluding hydrogens is 340 g/mol. The molecule has 4 atom stereocenters. The molecule has 1 unspecified atom stereocenters. The molecule has 26 heavy (non-hydrogen) atoms. The van der Waals surface area contributed by atoms with Crippen molar-refractivity contribution in [3.05, 3.63) is 71.8 Å². The molecule has 3 fully saturated rings. The monoisotopic (exact) mass is 365 g/mol. The van der Waals surface area contributed by atoms with E-state index in [2.05, 4.69) is 58.3 Å². The molecule has 3 heterocycles. The molecule has 0 N–H and O–H groups in total. The number of hydrogen-bond donors (Lipinski definition) is 0. The molecule has 5 rings (SSSR count). The van der Waals surface area contributed by atoms with Crippen LogP contribution in [0.2, 0.25) is 0 Å². The minimum absolute atomic E-state index is 0.239. The van der Waals surface area contributed by atoms with Crippen molar-refractivity contribution in [2.45, 2.75) is 43.3 Å². The highest BCUT2D eigenvalue weighted by atomic mass is 32.2. The minimum atomic E-state index is 0.239. The van der Waals surface area contributed by atoms with Crippen molar-refractivity contribution in [3.63, 3.8) is 0 Å². The molecule has 2 amide bonds. The summed E-state index contributed by atoms with van der Waals surface area (Å²) in [6.07, 6.45) is 2.66. The van der Waals surface area contributed by atoms with Crippen molar-refractivity contribution < 1.29 is 4.79 Å². The Hall–Kier alpha value is -1.94. The van der Waals surface area contributed by atoms with Crippen molar-refractivity contribution in [2.24, 2.45) is 0 Å². The molecule has 3 aliphatic rings. The summed E-state index contributed by atoms with van der Waals surface area (Å²) >= 11 is 0. The van der Waals surface area contributed by atoms with Gasteiger partial charge in [-0.25, -0.2) is 4.79 Å². The third kappa shape index (κ3) is 2.71. The molecule has 3 aliphatic heterocycles. The maximum atomic E-state index is 13.4. The third-order valence-corrected chi connectivity index (χ3v) is 9.08. The molecule has 0 saturated carbocycles. The zero-order chi connectivity index (χ0) is 17.5. The number of carbonyl (C=O) groups excluding carboxylic acids is 1. The van der Waals surface area contributed by atoms with E-state index in [4.69, 9.17) is 0 Å². The quantitative estimate of drug-likeness (QED) is 0.599. The number of nitrogens with zero attached hydrogens (tertiary/aromatic N) is 2. The van der Waals surface area contributed by atoms with Gasteiger partial charge in [0, 0.05) is 19.5 Å². The first-order valence-electron chi connectivity index (χ1n) is 9.62. The van der Waals surface area contributed by atoms with Gasteiger partial charge in [0.15, 0.2) is 0 Å². The van der Waals surface area contributed by atoms with Gasteiger partial charge in [0.25, 0.3) is 0 Å². The van der Waals surface area contributed by atoms with Crippen LogP contribution >= 0.6 is 0 Å². The van der Waals surface area contributed by atoms with Gasteiger partial charge in [-0.15, -0.1) is 0 Å². The summed E-state index contributed by atoms with van der Waals surface area (Å²) in [5, 5.41) is 0.730. The third-order valence-electron chi connectivity index (χ3n) is 6.13. The standard InChI is InChI=1S/C22H25N2OS/c25-22-23(14-17-8-3-1-4-9-17)19-16-26-13-7-12-20(26)21(19)24(22)15-18-10-5-2-6-11-18/h1-6,8-11,19-21H,7,12-16H2/q+1/t19-,20+,21-,26?/m0/s1. The molecule has 0 bridgehead atoms. The summed E-state index contributed by atoms with van der Waals surface area (Å²) < 4.78 is 0. The second-order valence-corrected chi connectivity index (χ2v) is 10.1. The van der Waals surface area contributed by atoms with Crippen LogP contribution in [0.1, 0.15) is 24.0 Å². The van der Waals surface area contributed by atoms with Crippen molar-refractivity contribution in [2.75, 3.05) is 11.5 Å². The Labute approximate surface area is 158 Å². The fraction of sp³-hybridized carbons (Fsp3) is 0.409. The molecule has 0 spiro atoms. The van der Waals surface area contributed by atoms with Gasteiger partial charge in [-0.1, -0.05) is 60.7 Å². The Morgan fingerprint density at radius 1 is 0.885 bits per heavy atom. The summed E-state index contributed by atoms with van der Waals surface area (Å²) in [5.41, 5.74) is 2.48. The first-order valence-corrected chi connectivity index (χ1v) is 11.3. The molecule has 2 aromatic carbocycles. The normalized spacial score (nSPS) is 29.9. The number of amides is 2. The second-order valence-electron chi connectivity index (χ2n) is 7.66. The van der Waals surface area contributed by atoms with Crippen LogP contribution in [-0.2, 0) is 24.0 Å². The first-order chi connectivity index (χ1) is 12.8. The van der Waals surface area contributed by atoms with E-state index in [0.29, 0.717) is 23.0 Å². The summed E-state index contributed by atoms with van der Waals surface area (Å²) in [6.45, 7) is 1.50. The fourth-order valence-electron chi connectivity index (χ4n) is 4.96. The number of hydrogen-bond acceptors (Lipinski definition) is 1. The average molecular weight is 366 g/mol. The largest absolute Gasteiger partial charge is 0.321 e. The smallest absolute Gasteiger partial charge is 0.310 e. The van der Waals surface area contributed by atoms with Crippen LogP contribution in [0.3, 0.4) is 0 Å². The summed E-state index contributed by atoms with van der Waals surface area (Å²) in [5.74, 6) is 2.60. The molecule has 2 aromatic rings. The van der Waals surface area contributed by atoms with E-state index in [1.54, 1.807) is 0 Å². The van der Waals surface area contributed by atoms with Crippen LogP contribution in [0.15, 0.2) is 60.7 Å². The topological polar surface area (TPSA) is 23.6 Å². The lowest BCUT2D eigenvalue weighted by Gasteiger charge is -2.24. The van der Waals surface area contributed by atoms with Crippen LogP contribution in [-0.4, -0.2) is 44.7 Å². The van der Waals surface area contributed by atoms with Gasteiger partial charge in [-0.2, -0.15) is 0 Å². The predicted molar refractivity (Wildman–Crippen MR) is 107 cm³/mol. The molecule has 0 aromatic heterocycles. The van der Waals surface area contributed by atoms with E-state index in [0.717, 1.165) is 18.3 Å². The van der Waals surface area contributed by atoms with Crippen LogP contribution in [0.5, 0.6) is 0 Å². The van der Waals surface area contributed by atoms with Crippen molar-refractivity contribution >= 4 is 16.9 Å². The number of carbonyl (C=O) groups is 1. The summed E-state index contributed by atoms with van der Waals surface area (Å²) in [6, 6.07) is 22.0. The molecule has 3 saturated heterocycles. The van der Waals surface area contributed by atoms with E-state index < -0.39 is 0 Å². The maximum Gasteiger partial charge on any atom is 0.321 e. The Kier molecular flexibility index (Phi) is 4.16. The van der Waals surface area contributed by atoms with E-state index in [9.17, 15) is 4.79 Å². The fourth-order valence-corrected chi connectivity index (χ4v) is 8.26. The highest BCUT2D eigenvalue weighted by Crippen LogP contribution is 2.43. The second kappa shape index (κ2) is 6.66. The number of benzene rings is 2. The van der Waals surface area contributed by atoms with Crippen molar-refractivity contribution in [1.29, 1.82) is 0 Å². The number of fused-ring (bicyclic) bond motifs is 3. The van der Waals surface area contributed by atoms with Crippen LogP contribution in [0.4, 0.5) is 4.79 Å². The lowest BCUT2D eigenvalue weighted by molar-refractivity contribution is 0.180. The Morgan fingerprint density at radius 3 is 2.15 bits per heavy atom. The van der Waals surface area contributed by atoms with Gasteiger partial charge in [-0.05, 0) is 28.4 Å². The Bertz CT molecular complexity index is 781. The van der Waals surface area contributed by atoms with Gasteiger partial charge in [0.05, 0.1) is 0 Å². The maximum absolute atomic E-state index is 13.4. The molecule has 3 nitrogen and oxygen atoms in total.